The molecule has 2 aromatic carbocycles. The molecule has 1 heterocycles. The van der Waals surface area contributed by atoms with E-state index in [1.807, 2.05) is 0 Å². The van der Waals surface area contributed by atoms with Crippen LogP contribution in [-0.2, 0) is 16.0 Å². The molecule has 0 fully saturated rings. The first-order chi connectivity index (χ1) is 12.5. The largest absolute Gasteiger partial charge is 0.508 e. The Morgan fingerprint density at radius 1 is 1.04 bits per heavy atom. The predicted octanol–water partition coefficient (Wildman–Crippen LogP) is 1.87. The van der Waals surface area contributed by atoms with Gasteiger partial charge >= 0.3 is 5.97 Å². The number of carbonyl (C=O) groups is 3. The maximum Gasteiger partial charge on any atom is 0.326 e. The second kappa shape index (κ2) is 7.10. The molecule has 3 rings (SSSR count). The summed E-state index contributed by atoms with van der Waals surface area (Å²) in [5, 5.41) is 21.5. The molecule has 0 radical (unpaired) electrons. The van der Waals surface area contributed by atoms with Gasteiger partial charge in [0, 0.05) is 23.5 Å². The summed E-state index contributed by atoms with van der Waals surface area (Å²) < 4.78 is 0. The van der Waals surface area contributed by atoms with E-state index in [1.165, 1.54) is 18.3 Å². The molecule has 7 heteroatoms. The third-order valence-electron chi connectivity index (χ3n) is 4.02. The number of aliphatic carboxylic acids is 1. The molecule has 0 aliphatic carbocycles. The molecule has 0 saturated heterocycles. The molecule has 1 atom stereocenters. The lowest BCUT2D eigenvalue weighted by atomic mass is 10.0. The highest BCUT2D eigenvalue weighted by Gasteiger charge is 2.26. The van der Waals surface area contributed by atoms with Gasteiger partial charge in [0.15, 0.2) is 0 Å². The van der Waals surface area contributed by atoms with Crippen LogP contribution in [0.15, 0.2) is 54.7 Å². The zero-order valence-corrected chi connectivity index (χ0v) is 13.6. The second-order valence-electron chi connectivity index (χ2n) is 5.81. The van der Waals surface area contributed by atoms with E-state index >= 15 is 0 Å². The lowest BCUT2D eigenvalue weighted by molar-refractivity contribution is -0.141. The zero-order valence-electron chi connectivity index (χ0n) is 13.6. The number of hydrogen-bond donors (Lipinski definition) is 4. The number of Topliss-reactive ketones (excluding diaryl/α,β-unsaturated/α-hetero) is 1. The number of fused-ring (bicyclic) bond motifs is 1. The first kappa shape index (κ1) is 17.2. The number of aromatic nitrogens is 1. The summed E-state index contributed by atoms with van der Waals surface area (Å²) >= 11 is 0. The van der Waals surface area contributed by atoms with Crippen molar-refractivity contribution in [3.63, 3.8) is 0 Å². The Labute approximate surface area is 148 Å². The van der Waals surface area contributed by atoms with Gasteiger partial charge in [-0.15, -0.1) is 0 Å². The maximum absolute atomic E-state index is 12.4. The van der Waals surface area contributed by atoms with Crippen molar-refractivity contribution in [2.75, 3.05) is 0 Å². The fraction of sp³-hybridized carbons (Fsp3) is 0.105. The Bertz CT molecular complexity index is 975. The number of para-hydroxylation sites is 1. The van der Waals surface area contributed by atoms with E-state index in [1.54, 1.807) is 36.4 Å². The molecule has 4 N–H and O–H groups in total. The van der Waals surface area contributed by atoms with E-state index in [9.17, 15) is 24.6 Å². The normalized spacial score (nSPS) is 11.8. The summed E-state index contributed by atoms with van der Waals surface area (Å²) in [4.78, 5) is 39.0. The number of H-pyrrole nitrogens is 1. The molecular formula is C19H16N2O5. The van der Waals surface area contributed by atoms with Gasteiger partial charge in [-0.3, -0.25) is 9.59 Å². The Balaban J connectivity index is 1.76. The molecule has 26 heavy (non-hydrogen) atoms. The number of carbonyl (C=O) groups excluding carboxylic acids is 2. The summed E-state index contributed by atoms with van der Waals surface area (Å²) in [5.74, 6) is -2.99. The van der Waals surface area contributed by atoms with Crippen molar-refractivity contribution in [1.29, 1.82) is 0 Å². The van der Waals surface area contributed by atoms with Crippen LogP contribution in [0.5, 0.6) is 5.75 Å². The molecule has 132 valence electrons. The van der Waals surface area contributed by atoms with Crippen molar-refractivity contribution < 1.29 is 24.6 Å². The van der Waals surface area contributed by atoms with E-state index in [2.05, 4.69) is 10.3 Å². The van der Waals surface area contributed by atoms with Crippen LogP contribution in [-0.4, -0.2) is 38.9 Å². The number of carboxylic acid groups (broad SMARTS) is 1. The van der Waals surface area contributed by atoms with Crippen molar-refractivity contribution >= 4 is 28.6 Å². The minimum Gasteiger partial charge on any atom is -0.508 e. The van der Waals surface area contributed by atoms with E-state index in [0.717, 1.165) is 0 Å². The van der Waals surface area contributed by atoms with Gasteiger partial charge in [0.2, 0.25) is 0 Å². The van der Waals surface area contributed by atoms with Crippen LogP contribution in [0.3, 0.4) is 0 Å². The highest BCUT2D eigenvalue weighted by atomic mass is 16.4. The third-order valence-corrected chi connectivity index (χ3v) is 4.02. The van der Waals surface area contributed by atoms with Crippen molar-refractivity contribution in [2.24, 2.45) is 0 Å². The number of benzene rings is 2. The molecule has 7 nitrogen and oxygen atoms in total. The number of phenols is 1. The van der Waals surface area contributed by atoms with Crippen LogP contribution in [0.4, 0.5) is 0 Å². The lowest BCUT2D eigenvalue weighted by Gasteiger charge is -2.14. The monoisotopic (exact) mass is 352 g/mol. The number of nitrogens with one attached hydrogen (secondary N) is 2. The number of amides is 1. The number of phenolic OH excluding ortho intramolecular Hbond substituents is 1. The highest BCUT2D eigenvalue weighted by molar-refractivity contribution is 6.45. The first-order valence-electron chi connectivity index (χ1n) is 7.87. The zero-order chi connectivity index (χ0) is 18.7. The lowest BCUT2D eigenvalue weighted by Crippen LogP contribution is -2.45. The average Bonchev–Trinajstić information content (AvgIpc) is 3.06. The summed E-state index contributed by atoms with van der Waals surface area (Å²) in [7, 11) is 0. The minimum atomic E-state index is -1.26. The SMILES string of the molecule is O=C(NC(Cc1ccc(O)cc1)C(=O)O)C(=O)c1c[nH]c2ccccc12. The van der Waals surface area contributed by atoms with Gasteiger partial charge in [0.25, 0.3) is 11.7 Å². The van der Waals surface area contributed by atoms with E-state index in [0.29, 0.717) is 16.5 Å². The maximum atomic E-state index is 12.4. The van der Waals surface area contributed by atoms with Gasteiger partial charge in [-0.1, -0.05) is 30.3 Å². The Kier molecular flexibility index (Phi) is 4.70. The number of carboxylic acids is 1. The van der Waals surface area contributed by atoms with E-state index < -0.39 is 23.7 Å². The molecular weight excluding hydrogens is 336 g/mol. The first-order valence-corrected chi connectivity index (χ1v) is 7.87. The Morgan fingerprint density at radius 3 is 2.42 bits per heavy atom. The summed E-state index contributed by atoms with van der Waals surface area (Å²) in [6, 6.07) is 11.7. The Morgan fingerprint density at radius 2 is 1.73 bits per heavy atom. The molecule has 1 amide bonds. The summed E-state index contributed by atoms with van der Waals surface area (Å²) in [6.07, 6.45) is 1.42. The number of hydrogen-bond acceptors (Lipinski definition) is 4. The third kappa shape index (κ3) is 3.56. The van der Waals surface area contributed by atoms with Gasteiger partial charge < -0.3 is 20.5 Å². The van der Waals surface area contributed by atoms with Crippen molar-refractivity contribution in [3.8, 4) is 5.75 Å². The molecule has 0 saturated carbocycles. The Hall–Kier alpha value is -3.61. The van der Waals surface area contributed by atoms with E-state index in [4.69, 9.17) is 0 Å². The predicted molar refractivity (Wildman–Crippen MR) is 94.0 cm³/mol. The molecule has 0 bridgehead atoms. The number of aromatic hydroxyl groups is 1. The van der Waals surface area contributed by atoms with Crippen LogP contribution >= 0.6 is 0 Å². The molecule has 3 aromatic rings. The standard InChI is InChI=1S/C19H16N2O5/c22-12-7-5-11(6-8-12)9-16(19(25)26)21-18(24)17(23)14-10-20-15-4-2-1-3-13(14)15/h1-8,10,16,20,22H,9H2,(H,21,24)(H,25,26). The molecule has 1 unspecified atom stereocenters. The number of ketones is 1. The van der Waals surface area contributed by atoms with Crippen molar-refractivity contribution in [2.45, 2.75) is 12.5 Å². The minimum absolute atomic E-state index is 0.0114. The van der Waals surface area contributed by atoms with Crippen LogP contribution in [0.1, 0.15) is 15.9 Å². The second-order valence-corrected chi connectivity index (χ2v) is 5.81. The van der Waals surface area contributed by atoms with Crippen LogP contribution in [0.25, 0.3) is 10.9 Å². The fourth-order valence-electron chi connectivity index (χ4n) is 2.67. The van der Waals surface area contributed by atoms with Crippen LogP contribution in [0.2, 0.25) is 0 Å². The van der Waals surface area contributed by atoms with E-state index in [-0.39, 0.29) is 17.7 Å². The van der Waals surface area contributed by atoms with Crippen LogP contribution in [0, 0.1) is 0 Å². The number of aromatic amines is 1. The van der Waals surface area contributed by atoms with Crippen molar-refractivity contribution in [3.05, 3.63) is 65.9 Å². The quantitative estimate of drug-likeness (QED) is 0.399. The molecule has 0 aliphatic heterocycles. The highest BCUT2D eigenvalue weighted by Crippen LogP contribution is 2.18. The molecule has 1 aromatic heterocycles. The smallest absolute Gasteiger partial charge is 0.326 e. The molecule has 0 aliphatic rings. The summed E-state index contributed by atoms with van der Waals surface area (Å²) in [6.45, 7) is 0. The molecule has 0 spiro atoms. The van der Waals surface area contributed by atoms with Crippen molar-refractivity contribution in [1.82, 2.24) is 10.3 Å². The van der Waals surface area contributed by atoms with Gasteiger partial charge in [-0.25, -0.2) is 4.79 Å². The topological polar surface area (TPSA) is 119 Å². The number of rotatable bonds is 6. The van der Waals surface area contributed by atoms with Gasteiger partial charge in [-0.2, -0.15) is 0 Å². The van der Waals surface area contributed by atoms with Crippen LogP contribution < -0.4 is 5.32 Å². The van der Waals surface area contributed by atoms with Gasteiger partial charge in [-0.05, 0) is 23.8 Å². The summed E-state index contributed by atoms with van der Waals surface area (Å²) in [5.41, 5.74) is 1.50. The van der Waals surface area contributed by atoms with Gasteiger partial charge in [0.1, 0.15) is 11.8 Å². The van der Waals surface area contributed by atoms with Gasteiger partial charge in [0.05, 0.1) is 5.56 Å². The average molecular weight is 352 g/mol. The fourth-order valence-corrected chi connectivity index (χ4v) is 2.67.